The van der Waals surface area contributed by atoms with Gasteiger partial charge in [-0.1, -0.05) is 13.8 Å². The number of hydrogen-bond acceptors (Lipinski definition) is 3. The van der Waals surface area contributed by atoms with Crippen LogP contribution in [0.15, 0.2) is 0 Å². The molecule has 0 radical (unpaired) electrons. The zero-order valence-corrected chi connectivity index (χ0v) is 11.1. The Morgan fingerprint density at radius 1 is 1.33 bits per heavy atom. The third kappa shape index (κ3) is 6.02. The van der Waals surface area contributed by atoms with Crippen LogP contribution >= 0.6 is 0 Å². The normalized spacial score (nSPS) is 22.7. The molecule has 1 saturated heterocycles. The third-order valence-electron chi connectivity index (χ3n) is 3.24. The molecule has 6 heteroatoms. The first-order chi connectivity index (χ1) is 8.22. The highest BCUT2D eigenvalue weighted by molar-refractivity contribution is 4.80. The van der Waals surface area contributed by atoms with Crippen molar-refractivity contribution >= 4 is 0 Å². The number of aliphatic hydroxyl groups excluding tert-OH is 1. The molecule has 3 nitrogen and oxygen atoms in total. The van der Waals surface area contributed by atoms with E-state index in [0.29, 0.717) is 19.6 Å². The van der Waals surface area contributed by atoms with Crippen molar-refractivity contribution in [1.29, 1.82) is 0 Å². The summed E-state index contributed by atoms with van der Waals surface area (Å²) >= 11 is 0. The van der Waals surface area contributed by atoms with Gasteiger partial charge in [-0.05, 0) is 25.4 Å². The third-order valence-corrected chi connectivity index (χ3v) is 3.24. The largest absolute Gasteiger partial charge is 0.401 e. The molecule has 1 aliphatic rings. The predicted octanol–water partition coefficient (Wildman–Crippen LogP) is 1.48. The minimum atomic E-state index is -4.10. The van der Waals surface area contributed by atoms with Gasteiger partial charge < -0.3 is 10.4 Å². The van der Waals surface area contributed by atoms with Gasteiger partial charge in [0.25, 0.3) is 0 Å². The van der Waals surface area contributed by atoms with Crippen molar-refractivity contribution in [3.05, 3.63) is 0 Å². The van der Waals surface area contributed by atoms with Gasteiger partial charge in [-0.3, -0.25) is 4.90 Å². The van der Waals surface area contributed by atoms with Crippen LogP contribution in [0.25, 0.3) is 0 Å². The minimum absolute atomic E-state index is 0.102. The molecule has 0 aromatic heterocycles. The summed E-state index contributed by atoms with van der Waals surface area (Å²) in [7, 11) is 0. The molecular formula is C12H23F3N2O. The summed E-state index contributed by atoms with van der Waals surface area (Å²) in [5, 5.41) is 12.3. The van der Waals surface area contributed by atoms with Crippen molar-refractivity contribution in [2.45, 2.75) is 26.4 Å². The molecule has 1 rings (SSSR count). The van der Waals surface area contributed by atoms with Gasteiger partial charge in [0, 0.05) is 25.1 Å². The van der Waals surface area contributed by atoms with Crippen LogP contribution in [0, 0.1) is 11.3 Å². The molecule has 18 heavy (non-hydrogen) atoms. The van der Waals surface area contributed by atoms with Crippen molar-refractivity contribution in [3.63, 3.8) is 0 Å². The molecule has 2 N–H and O–H groups in total. The van der Waals surface area contributed by atoms with Crippen LogP contribution in [0.3, 0.4) is 0 Å². The summed E-state index contributed by atoms with van der Waals surface area (Å²) in [6.07, 6.45) is -3.29. The van der Waals surface area contributed by atoms with Gasteiger partial charge in [0.05, 0.1) is 6.54 Å². The summed E-state index contributed by atoms with van der Waals surface area (Å²) in [5.41, 5.74) is -0.176. The topological polar surface area (TPSA) is 35.5 Å². The lowest BCUT2D eigenvalue weighted by Gasteiger charge is -2.23. The summed E-state index contributed by atoms with van der Waals surface area (Å²) in [4.78, 5) is 1.46. The van der Waals surface area contributed by atoms with Crippen molar-refractivity contribution in [2.24, 2.45) is 11.3 Å². The number of nitrogens with one attached hydrogen (secondary N) is 1. The second kappa shape index (κ2) is 6.21. The lowest BCUT2D eigenvalue weighted by molar-refractivity contribution is -0.143. The van der Waals surface area contributed by atoms with E-state index in [9.17, 15) is 13.2 Å². The average Bonchev–Trinajstić information content (AvgIpc) is 2.63. The van der Waals surface area contributed by atoms with Gasteiger partial charge in [-0.2, -0.15) is 13.2 Å². The Kier molecular flexibility index (Phi) is 5.43. The van der Waals surface area contributed by atoms with E-state index in [2.05, 4.69) is 5.32 Å². The molecule has 0 aromatic rings. The Balaban J connectivity index is 2.19. The summed E-state index contributed by atoms with van der Waals surface area (Å²) < 4.78 is 36.6. The molecule has 1 fully saturated rings. The van der Waals surface area contributed by atoms with Crippen molar-refractivity contribution in [3.8, 4) is 0 Å². The van der Waals surface area contributed by atoms with Crippen LogP contribution in [0.4, 0.5) is 13.2 Å². The van der Waals surface area contributed by atoms with Gasteiger partial charge in [0.15, 0.2) is 0 Å². The summed E-state index contributed by atoms with van der Waals surface area (Å²) in [5.74, 6) is 0.279. The lowest BCUT2D eigenvalue weighted by Crippen LogP contribution is -2.36. The molecule has 108 valence electrons. The first kappa shape index (κ1) is 15.7. The number of nitrogens with zero attached hydrogens (tertiary/aromatic N) is 1. The Morgan fingerprint density at radius 3 is 2.56 bits per heavy atom. The fourth-order valence-corrected chi connectivity index (χ4v) is 2.15. The molecule has 1 atom stereocenters. The highest BCUT2D eigenvalue weighted by Gasteiger charge is 2.34. The van der Waals surface area contributed by atoms with Crippen LogP contribution in [0.5, 0.6) is 0 Å². The monoisotopic (exact) mass is 268 g/mol. The number of aliphatic hydroxyl groups is 1. The first-order valence-electron chi connectivity index (χ1n) is 6.32. The number of likely N-dealkylation sites (tertiary alicyclic amines) is 1. The fraction of sp³-hybridized carbons (Fsp3) is 1.00. The Labute approximate surface area is 106 Å². The summed E-state index contributed by atoms with van der Waals surface area (Å²) in [6.45, 7) is 5.63. The molecule has 0 saturated carbocycles. The summed E-state index contributed by atoms with van der Waals surface area (Å²) in [6, 6.07) is 0. The van der Waals surface area contributed by atoms with Crippen LogP contribution in [-0.4, -0.2) is 55.5 Å². The number of halogens is 3. The van der Waals surface area contributed by atoms with E-state index < -0.39 is 12.7 Å². The number of alkyl halides is 3. The second-order valence-corrected chi connectivity index (χ2v) is 5.96. The van der Waals surface area contributed by atoms with Crippen molar-refractivity contribution < 1.29 is 18.3 Å². The average molecular weight is 268 g/mol. The van der Waals surface area contributed by atoms with E-state index in [-0.39, 0.29) is 17.9 Å². The molecule has 0 aromatic carbocycles. The van der Waals surface area contributed by atoms with Crippen LogP contribution in [-0.2, 0) is 0 Å². The van der Waals surface area contributed by atoms with Gasteiger partial charge in [-0.25, -0.2) is 0 Å². The predicted molar refractivity (Wildman–Crippen MR) is 64.3 cm³/mol. The van der Waals surface area contributed by atoms with Gasteiger partial charge in [0.1, 0.15) is 0 Å². The SMILES string of the molecule is CC(C)(CO)CNCC1CCN(CC(F)(F)F)C1. The van der Waals surface area contributed by atoms with Crippen LogP contribution in [0.1, 0.15) is 20.3 Å². The lowest BCUT2D eigenvalue weighted by atomic mass is 9.95. The molecular weight excluding hydrogens is 245 g/mol. The van der Waals surface area contributed by atoms with Gasteiger partial charge in [-0.15, -0.1) is 0 Å². The number of hydrogen-bond donors (Lipinski definition) is 2. The molecule has 0 amide bonds. The minimum Gasteiger partial charge on any atom is -0.396 e. The van der Waals surface area contributed by atoms with Gasteiger partial charge in [0.2, 0.25) is 0 Å². The molecule has 0 aliphatic carbocycles. The Bertz CT molecular complexity index is 256. The first-order valence-corrected chi connectivity index (χ1v) is 6.32. The maximum Gasteiger partial charge on any atom is 0.401 e. The van der Waals surface area contributed by atoms with Crippen molar-refractivity contribution in [1.82, 2.24) is 10.2 Å². The Morgan fingerprint density at radius 2 is 2.00 bits per heavy atom. The molecule has 0 bridgehead atoms. The van der Waals surface area contributed by atoms with E-state index in [4.69, 9.17) is 5.11 Å². The standard InChI is InChI=1S/C12H23F3N2O/c1-11(2,9-18)7-16-5-10-3-4-17(6-10)8-12(13,14)15/h10,16,18H,3-9H2,1-2H3. The number of rotatable bonds is 6. The van der Waals surface area contributed by atoms with Crippen LogP contribution in [0.2, 0.25) is 0 Å². The van der Waals surface area contributed by atoms with E-state index in [1.54, 1.807) is 0 Å². The van der Waals surface area contributed by atoms with E-state index in [1.807, 2.05) is 13.8 Å². The maximum atomic E-state index is 12.2. The fourth-order valence-electron chi connectivity index (χ4n) is 2.15. The smallest absolute Gasteiger partial charge is 0.396 e. The van der Waals surface area contributed by atoms with Crippen LogP contribution < -0.4 is 5.32 Å². The van der Waals surface area contributed by atoms with E-state index in [0.717, 1.165) is 13.0 Å². The Hall–Kier alpha value is -0.330. The highest BCUT2D eigenvalue weighted by Crippen LogP contribution is 2.22. The quantitative estimate of drug-likeness (QED) is 0.766. The second-order valence-electron chi connectivity index (χ2n) is 5.96. The maximum absolute atomic E-state index is 12.2. The van der Waals surface area contributed by atoms with Gasteiger partial charge >= 0.3 is 6.18 Å². The van der Waals surface area contributed by atoms with Crippen molar-refractivity contribution in [2.75, 3.05) is 39.3 Å². The highest BCUT2D eigenvalue weighted by atomic mass is 19.4. The van der Waals surface area contributed by atoms with E-state index >= 15 is 0 Å². The molecule has 1 aliphatic heterocycles. The molecule has 0 spiro atoms. The molecule has 1 unspecified atom stereocenters. The zero-order chi connectivity index (χ0) is 13.8. The van der Waals surface area contributed by atoms with E-state index in [1.165, 1.54) is 4.90 Å². The molecule has 1 heterocycles. The zero-order valence-electron chi connectivity index (χ0n) is 11.1.